The highest BCUT2D eigenvalue weighted by Crippen LogP contribution is 2.32. The van der Waals surface area contributed by atoms with Gasteiger partial charge in [-0.2, -0.15) is 5.01 Å². The Kier molecular flexibility index (Phi) is 4.42. The number of amides is 4. The van der Waals surface area contributed by atoms with Crippen LogP contribution in [0.2, 0.25) is 0 Å². The van der Waals surface area contributed by atoms with E-state index in [-0.39, 0.29) is 12.3 Å². The van der Waals surface area contributed by atoms with Gasteiger partial charge in [0.25, 0.3) is 5.91 Å². The number of nitrogens with one attached hydrogen (secondary N) is 2. The van der Waals surface area contributed by atoms with Gasteiger partial charge in [-0.25, -0.2) is 4.79 Å². The number of hydrazine groups is 1. The maximum atomic E-state index is 12.6. The van der Waals surface area contributed by atoms with Gasteiger partial charge in [0, 0.05) is 0 Å². The molecule has 2 N–H and O–H groups in total. The van der Waals surface area contributed by atoms with Crippen molar-refractivity contribution in [3.8, 4) is 5.75 Å². The molecule has 1 saturated carbocycles. The summed E-state index contributed by atoms with van der Waals surface area (Å²) in [5, 5.41) is 3.59. The number of imide groups is 1. The van der Waals surface area contributed by atoms with Crippen LogP contribution in [0, 0.1) is 0 Å². The van der Waals surface area contributed by atoms with Crippen LogP contribution in [0.5, 0.6) is 5.75 Å². The van der Waals surface area contributed by atoms with Crippen molar-refractivity contribution in [1.29, 1.82) is 0 Å². The van der Waals surface area contributed by atoms with E-state index in [1.165, 1.54) is 0 Å². The molecule has 0 unspecified atom stereocenters. The maximum Gasteiger partial charge on any atom is 0.344 e. The van der Waals surface area contributed by atoms with Crippen molar-refractivity contribution < 1.29 is 19.1 Å². The molecule has 0 radical (unpaired) electrons. The number of rotatable bonds is 4. The number of hydrogen-bond acceptors (Lipinski definition) is 4. The molecule has 7 heteroatoms. The molecule has 128 valence electrons. The van der Waals surface area contributed by atoms with Gasteiger partial charge >= 0.3 is 6.03 Å². The second-order valence-electron chi connectivity index (χ2n) is 6.27. The summed E-state index contributed by atoms with van der Waals surface area (Å²) in [6, 6.07) is 6.51. The van der Waals surface area contributed by atoms with Crippen LogP contribution in [0.15, 0.2) is 24.3 Å². The molecule has 1 aliphatic carbocycles. The number of ether oxygens (including phenoxy) is 1. The summed E-state index contributed by atoms with van der Waals surface area (Å²) in [5.41, 5.74) is 2.37. The fourth-order valence-electron chi connectivity index (χ4n) is 3.31. The highest BCUT2D eigenvalue weighted by atomic mass is 16.5. The highest BCUT2D eigenvalue weighted by molar-refractivity contribution is 6.08. The van der Waals surface area contributed by atoms with Gasteiger partial charge in [-0.3, -0.25) is 15.0 Å². The van der Waals surface area contributed by atoms with Crippen LogP contribution >= 0.6 is 0 Å². The number of urea groups is 1. The Morgan fingerprint density at radius 1 is 1.21 bits per heavy atom. The molecule has 24 heavy (non-hydrogen) atoms. The number of carbonyl (C=O) groups is 3. The van der Waals surface area contributed by atoms with E-state index >= 15 is 0 Å². The Balaban J connectivity index is 1.63. The number of methoxy groups -OCH3 is 1. The number of nitrogens with zero attached hydrogens (tertiary/aromatic N) is 1. The summed E-state index contributed by atoms with van der Waals surface area (Å²) in [5.74, 6) is -0.0562. The van der Waals surface area contributed by atoms with E-state index in [0.717, 1.165) is 29.8 Å². The summed E-state index contributed by atoms with van der Waals surface area (Å²) in [7, 11) is 1.57. The third kappa shape index (κ3) is 3.06. The second-order valence-corrected chi connectivity index (χ2v) is 6.27. The van der Waals surface area contributed by atoms with Crippen molar-refractivity contribution in [2.45, 2.75) is 44.1 Å². The smallest absolute Gasteiger partial charge is 0.344 e. The van der Waals surface area contributed by atoms with E-state index in [4.69, 9.17) is 4.74 Å². The first-order valence-corrected chi connectivity index (χ1v) is 8.13. The lowest BCUT2D eigenvalue weighted by atomic mass is 9.82. The molecule has 1 spiro atoms. The fourth-order valence-corrected chi connectivity index (χ4v) is 3.31. The average molecular weight is 331 g/mol. The minimum Gasteiger partial charge on any atom is -0.497 e. The van der Waals surface area contributed by atoms with Crippen molar-refractivity contribution in [3.63, 3.8) is 0 Å². The van der Waals surface area contributed by atoms with Gasteiger partial charge in [0.05, 0.1) is 13.5 Å². The van der Waals surface area contributed by atoms with Gasteiger partial charge in [-0.05, 0) is 30.5 Å². The maximum absolute atomic E-state index is 12.6. The number of carbonyl (C=O) groups excluding carboxylic acids is 3. The van der Waals surface area contributed by atoms with Gasteiger partial charge < -0.3 is 10.1 Å². The van der Waals surface area contributed by atoms with Crippen LogP contribution in [0.4, 0.5) is 4.79 Å². The minimum absolute atomic E-state index is 0.0774. The van der Waals surface area contributed by atoms with Crippen molar-refractivity contribution >= 4 is 17.8 Å². The molecule has 4 amide bonds. The fraction of sp³-hybridized carbons (Fsp3) is 0.471. The molecule has 3 rings (SSSR count). The molecule has 1 aromatic carbocycles. The van der Waals surface area contributed by atoms with Crippen molar-refractivity contribution in [3.05, 3.63) is 29.8 Å². The topological polar surface area (TPSA) is 87.7 Å². The zero-order chi connectivity index (χ0) is 17.2. The van der Waals surface area contributed by atoms with Crippen molar-refractivity contribution in [2.24, 2.45) is 0 Å². The molecule has 2 aliphatic rings. The van der Waals surface area contributed by atoms with Crippen LogP contribution in [-0.2, 0) is 16.0 Å². The van der Waals surface area contributed by atoms with Crippen LogP contribution < -0.4 is 15.5 Å². The largest absolute Gasteiger partial charge is 0.497 e. The summed E-state index contributed by atoms with van der Waals surface area (Å²) in [6.45, 7) is 0. The lowest BCUT2D eigenvalue weighted by Gasteiger charge is -2.30. The molecule has 0 bridgehead atoms. The predicted molar refractivity (Wildman–Crippen MR) is 86.0 cm³/mol. The first-order chi connectivity index (χ1) is 11.5. The minimum atomic E-state index is -0.831. The lowest BCUT2D eigenvalue weighted by molar-refractivity contribution is -0.139. The van der Waals surface area contributed by atoms with Gasteiger partial charge in [-0.1, -0.05) is 31.4 Å². The van der Waals surface area contributed by atoms with Gasteiger partial charge in [0.2, 0.25) is 5.91 Å². The summed E-state index contributed by atoms with van der Waals surface area (Å²) >= 11 is 0. The quantitative estimate of drug-likeness (QED) is 0.819. The van der Waals surface area contributed by atoms with Gasteiger partial charge in [0.1, 0.15) is 11.3 Å². The molecule has 0 atom stereocenters. The first-order valence-electron chi connectivity index (χ1n) is 8.13. The van der Waals surface area contributed by atoms with E-state index < -0.39 is 17.5 Å². The third-order valence-corrected chi connectivity index (χ3v) is 4.63. The lowest BCUT2D eigenvalue weighted by Crippen LogP contribution is -2.51. The summed E-state index contributed by atoms with van der Waals surface area (Å²) < 4.78 is 5.07. The third-order valence-electron chi connectivity index (χ3n) is 4.63. The molecule has 1 aliphatic heterocycles. The molecule has 1 heterocycles. The number of hydrogen-bond donors (Lipinski definition) is 2. The van der Waals surface area contributed by atoms with E-state index in [9.17, 15) is 14.4 Å². The molecular formula is C17H21N3O4. The molecule has 1 saturated heterocycles. The Labute approximate surface area is 140 Å². The molecule has 1 aromatic rings. The van der Waals surface area contributed by atoms with Gasteiger partial charge in [0.15, 0.2) is 0 Å². The summed E-state index contributed by atoms with van der Waals surface area (Å²) in [6.07, 6.45) is 4.20. The zero-order valence-corrected chi connectivity index (χ0v) is 13.6. The Morgan fingerprint density at radius 3 is 2.50 bits per heavy atom. The van der Waals surface area contributed by atoms with Crippen molar-refractivity contribution in [1.82, 2.24) is 15.8 Å². The molecule has 0 aromatic heterocycles. The normalized spacial score (nSPS) is 19.3. The van der Waals surface area contributed by atoms with Crippen LogP contribution in [0.3, 0.4) is 0 Å². The van der Waals surface area contributed by atoms with E-state index in [0.29, 0.717) is 18.6 Å². The van der Waals surface area contributed by atoms with Gasteiger partial charge in [-0.15, -0.1) is 0 Å². The van der Waals surface area contributed by atoms with Crippen LogP contribution in [0.1, 0.15) is 37.7 Å². The SMILES string of the molecule is COc1ccc(CC(=O)NN2C(=O)NC3(CCCCC3)C2=O)cc1. The van der Waals surface area contributed by atoms with Crippen molar-refractivity contribution in [2.75, 3.05) is 7.11 Å². The molecule has 7 nitrogen and oxygen atoms in total. The monoisotopic (exact) mass is 331 g/mol. The van der Waals surface area contributed by atoms with E-state index in [2.05, 4.69) is 10.7 Å². The van der Waals surface area contributed by atoms with E-state index in [1.54, 1.807) is 31.4 Å². The van der Waals surface area contributed by atoms with Crippen LogP contribution in [0.25, 0.3) is 0 Å². The highest BCUT2D eigenvalue weighted by Gasteiger charge is 2.52. The Bertz CT molecular complexity index is 650. The Morgan fingerprint density at radius 2 is 1.88 bits per heavy atom. The first kappa shape index (κ1) is 16.3. The second kappa shape index (κ2) is 6.51. The predicted octanol–water partition coefficient (Wildman–Crippen LogP) is 1.52. The number of benzene rings is 1. The molecule has 2 fully saturated rings. The van der Waals surface area contributed by atoms with E-state index in [1.807, 2.05) is 0 Å². The van der Waals surface area contributed by atoms with Crippen LogP contribution in [-0.4, -0.2) is 35.5 Å². The zero-order valence-electron chi connectivity index (χ0n) is 13.6. The average Bonchev–Trinajstić information content (AvgIpc) is 2.80. The Hall–Kier alpha value is -2.57. The molecular weight excluding hydrogens is 310 g/mol. The standard InChI is InChI=1S/C17H21N3O4/c1-24-13-7-5-12(6-8-13)11-14(21)19-20-15(22)17(18-16(20)23)9-3-2-4-10-17/h5-8H,2-4,9-11H2,1H3,(H,18,23)(H,19,21). The summed E-state index contributed by atoms with van der Waals surface area (Å²) in [4.78, 5) is 36.8.